The average molecular weight is 464 g/mol. The van der Waals surface area contributed by atoms with Crippen LogP contribution in [-0.4, -0.2) is 45.5 Å². The van der Waals surface area contributed by atoms with Gasteiger partial charge in [-0.1, -0.05) is 0 Å². The highest BCUT2D eigenvalue weighted by atomic mass is 32.2. The number of carbonyl (C=O) groups is 1. The number of aryl methyl sites for hydroxylation is 1. The van der Waals surface area contributed by atoms with Crippen molar-refractivity contribution in [2.24, 2.45) is 0 Å². The Bertz CT molecular complexity index is 1390. The van der Waals surface area contributed by atoms with E-state index in [9.17, 15) is 22.4 Å². The van der Waals surface area contributed by atoms with Gasteiger partial charge >= 0.3 is 11.7 Å². The van der Waals surface area contributed by atoms with Crippen molar-refractivity contribution in [3.63, 3.8) is 0 Å². The number of hydrogen-bond donors (Lipinski definition) is 2. The number of pyridine rings is 1. The zero-order valence-corrected chi connectivity index (χ0v) is 18.5. The van der Waals surface area contributed by atoms with E-state index in [1.807, 2.05) is 0 Å². The number of rotatable bonds is 5. The molecule has 0 fully saturated rings. The Kier molecular flexibility index (Phi) is 6.19. The smallest absolute Gasteiger partial charge is 0.414 e. The fourth-order valence-corrected chi connectivity index (χ4v) is 3.60. The summed E-state index contributed by atoms with van der Waals surface area (Å²) in [5, 5.41) is 0.0183. The SMILES string of the molecule is CNS(=O)(=O)c1ccc(N)c(Cc2c(C)c3cc(F)c(OC(=O)N(C)C)cc3oc2=O)n1. The maximum atomic E-state index is 14.5. The van der Waals surface area contributed by atoms with Crippen LogP contribution in [0.15, 0.2) is 38.5 Å². The Labute approximate surface area is 182 Å². The first-order chi connectivity index (χ1) is 14.9. The van der Waals surface area contributed by atoms with E-state index >= 15 is 0 Å². The third-order valence-electron chi connectivity index (χ3n) is 4.77. The van der Waals surface area contributed by atoms with E-state index in [0.717, 1.165) is 17.0 Å². The molecule has 3 aromatic rings. The second kappa shape index (κ2) is 8.55. The molecule has 0 aliphatic heterocycles. The number of halogens is 1. The quantitative estimate of drug-likeness (QED) is 0.544. The number of amides is 1. The van der Waals surface area contributed by atoms with Crippen LogP contribution in [0.25, 0.3) is 11.0 Å². The van der Waals surface area contributed by atoms with Gasteiger partial charge in [-0.05, 0) is 37.7 Å². The standard InChI is InChI=1S/C20H21FN4O6S/c1-10-11-7-13(21)17(31-20(27)25(3)4)9-16(11)30-19(26)12(10)8-15-14(22)5-6-18(24-15)32(28,29)23-2/h5-7,9,23H,8,22H2,1-4H3. The number of nitrogens with one attached hydrogen (secondary N) is 1. The molecule has 3 N–H and O–H groups in total. The van der Waals surface area contributed by atoms with E-state index in [0.29, 0.717) is 5.56 Å². The minimum Gasteiger partial charge on any atom is -0.422 e. The Morgan fingerprint density at radius 1 is 1.31 bits per heavy atom. The van der Waals surface area contributed by atoms with Gasteiger partial charge in [0.05, 0.1) is 11.4 Å². The zero-order valence-electron chi connectivity index (χ0n) is 17.7. The van der Waals surface area contributed by atoms with Crippen molar-refractivity contribution in [3.05, 3.63) is 57.3 Å². The third-order valence-corrected chi connectivity index (χ3v) is 6.09. The van der Waals surface area contributed by atoms with Gasteiger partial charge in [0.2, 0.25) is 0 Å². The summed E-state index contributed by atoms with van der Waals surface area (Å²) in [4.78, 5) is 29.6. The predicted molar refractivity (Wildman–Crippen MR) is 115 cm³/mol. The second-order valence-electron chi connectivity index (χ2n) is 7.10. The van der Waals surface area contributed by atoms with Crippen LogP contribution in [0.1, 0.15) is 16.8 Å². The molecule has 1 amide bonds. The number of benzene rings is 1. The lowest BCUT2D eigenvalue weighted by Crippen LogP contribution is -2.25. The fourth-order valence-electron chi connectivity index (χ4n) is 2.91. The van der Waals surface area contributed by atoms with Gasteiger partial charge in [-0.15, -0.1) is 0 Å². The normalized spacial score (nSPS) is 11.5. The number of fused-ring (bicyclic) bond motifs is 1. The van der Waals surface area contributed by atoms with E-state index in [4.69, 9.17) is 14.9 Å². The number of nitrogens with zero attached hydrogens (tertiary/aromatic N) is 2. The first-order valence-corrected chi connectivity index (χ1v) is 10.8. The van der Waals surface area contributed by atoms with E-state index in [1.165, 1.54) is 33.3 Å². The summed E-state index contributed by atoms with van der Waals surface area (Å²) in [5.74, 6) is -1.21. The lowest BCUT2D eigenvalue weighted by molar-refractivity contribution is 0.170. The zero-order chi connectivity index (χ0) is 23.8. The third kappa shape index (κ3) is 4.41. The molecule has 12 heteroatoms. The van der Waals surface area contributed by atoms with Gasteiger partial charge in [0.1, 0.15) is 5.58 Å². The van der Waals surface area contributed by atoms with Crippen LogP contribution in [0.3, 0.4) is 0 Å². The highest BCUT2D eigenvalue weighted by Gasteiger charge is 2.20. The molecule has 0 unspecified atom stereocenters. The summed E-state index contributed by atoms with van der Waals surface area (Å²) in [6, 6.07) is 4.83. The lowest BCUT2D eigenvalue weighted by Gasteiger charge is -2.13. The number of aromatic nitrogens is 1. The molecule has 0 aliphatic rings. The van der Waals surface area contributed by atoms with E-state index in [-0.39, 0.29) is 45.1 Å². The van der Waals surface area contributed by atoms with Crippen molar-refractivity contribution in [2.45, 2.75) is 18.4 Å². The van der Waals surface area contributed by atoms with Crippen molar-refractivity contribution < 1.29 is 26.8 Å². The molecular formula is C20H21FN4O6S. The number of nitrogen functional groups attached to an aromatic ring is 1. The van der Waals surface area contributed by atoms with Gasteiger partial charge in [0.15, 0.2) is 16.6 Å². The molecule has 0 saturated carbocycles. The molecule has 1 aromatic carbocycles. The molecule has 32 heavy (non-hydrogen) atoms. The molecule has 0 aliphatic carbocycles. The summed E-state index contributed by atoms with van der Waals surface area (Å²) >= 11 is 0. The van der Waals surface area contributed by atoms with Crippen LogP contribution < -0.4 is 20.8 Å². The van der Waals surface area contributed by atoms with Gasteiger partial charge in [-0.3, -0.25) is 0 Å². The molecule has 2 heterocycles. The van der Waals surface area contributed by atoms with Crippen LogP contribution in [0.5, 0.6) is 5.75 Å². The van der Waals surface area contributed by atoms with Crippen LogP contribution in [-0.2, 0) is 16.4 Å². The van der Waals surface area contributed by atoms with Gasteiger partial charge in [-0.2, -0.15) is 0 Å². The van der Waals surface area contributed by atoms with Crippen LogP contribution in [0.4, 0.5) is 14.9 Å². The number of sulfonamides is 1. The van der Waals surface area contributed by atoms with Gasteiger partial charge < -0.3 is 19.8 Å². The summed E-state index contributed by atoms with van der Waals surface area (Å²) in [6.07, 6.45) is -0.931. The summed E-state index contributed by atoms with van der Waals surface area (Å²) in [6.45, 7) is 1.59. The Morgan fingerprint density at radius 3 is 2.62 bits per heavy atom. The molecule has 0 radical (unpaired) electrons. The maximum absolute atomic E-state index is 14.5. The first-order valence-electron chi connectivity index (χ1n) is 9.28. The van der Waals surface area contributed by atoms with Crippen molar-refractivity contribution in [2.75, 3.05) is 26.9 Å². The van der Waals surface area contributed by atoms with Gasteiger partial charge in [0.25, 0.3) is 10.0 Å². The Hall–Kier alpha value is -3.51. The average Bonchev–Trinajstić information content (AvgIpc) is 2.73. The number of ether oxygens (including phenoxy) is 1. The van der Waals surface area contributed by atoms with Crippen LogP contribution in [0, 0.1) is 12.7 Å². The minimum absolute atomic E-state index is 0.0200. The highest BCUT2D eigenvalue weighted by molar-refractivity contribution is 7.89. The Balaban J connectivity index is 2.09. The van der Waals surface area contributed by atoms with Crippen molar-refractivity contribution in [1.29, 1.82) is 0 Å². The molecule has 0 atom stereocenters. The van der Waals surface area contributed by atoms with Gasteiger partial charge in [0, 0.05) is 37.5 Å². The highest BCUT2D eigenvalue weighted by Crippen LogP contribution is 2.29. The van der Waals surface area contributed by atoms with Crippen molar-refractivity contribution in [1.82, 2.24) is 14.6 Å². The molecule has 0 spiro atoms. The second-order valence-corrected chi connectivity index (χ2v) is 8.94. The number of carbonyl (C=O) groups excluding carboxylic acids is 1. The molecule has 0 saturated heterocycles. The lowest BCUT2D eigenvalue weighted by atomic mass is 10.0. The first kappa shape index (κ1) is 23.2. The van der Waals surface area contributed by atoms with Crippen LogP contribution >= 0.6 is 0 Å². The molecule has 3 rings (SSSR count). The molecule has 0 bridgehead atoms. The van der Waals surface area contributed by atoms with Crippen LogP contribution in [0.2, 0.25) is 0 Å². The fraction of sp³-hybridized carbons (Fsp3) is 0.250. The number of anilines is 1. The minimum atomic E-state index is -3.82. The Morgan fingerprint density at radius 2 is 2.00 bits per heavy atom. The molecule has 2 aromatic heterocycles. The predicted octanol–water partition coefficient (Wildman–Crippen LogP) is 1.78. The van der Waals surface area contributed by atoms with E-state index in [1.54, 1.807) is 6.92 Å². The summed E-state index contributed by atoms with van der Waals surface area (Å²) in [5.41, 5.74) is 6.05. The summed E-state index contributed by atoms with van der Waals surface area (Å²) in [7, 11) is 0.298. The van der Waals surface area contributed by atoms with Crippen molar-refractivity contribution in [3.8, 4) is 5.75 Å². The van der Waals surface area contributed by atoms with E-state index in [2.05, 4.69) is 9.71 Å². The molecule has 10 nitrogen and oxygen atoms in total. The topological polar surface area (TPSA) is 145 Å². The number of nitrogens with two attached hydrogens (primary N) is 1. The maximum Gasteiger partial charge on any atom is 0.414 e. The number of hydrogen-bond acceptors (Lipinski definition) is 8. The van der Waals surface area contributed by atoms with Crippen molar-refractivity contribution >= 4 is 32.8 Å². The molecular weight excluding hydrogens is 443 g/mol. The van der Waals surface area contributed by atoms with Gasteiger partial charge in [-0.25, -0.2) is 32.1 Å². The molecule has 170 valence electrons. The monoisotopic (exact) mass is 464 g/mol. The largest absolute Gasteiger partial charge is 0.422 e. The summed E-state index contributed by atoms with van der Waals surface area (Å²) < 4.78 is 51.0. The van der Waals surface area contributed by atoms with E-state index < -0.39 is 27.6 Å².